The maximum absolute atomic E-state index is 11.7. The molecule has 0 aromatic rings. The molecule has 17 heavy (non-hydrogen) atoms. The van der Waals surface area contributed by atoms with E-state index in [9.17, 15) is 13.5 Å². The smallest absolute Gasteiger partial charge is 0.152 e. The quantitative estimate of drug-likeness (QED) is 0.733. The van der Waals surface area contributed by atoms with Gasteiger partial charge in [-0.05, 0) is 37.5 Å². The van der Waals surface area contributed by atoms with Crippen LogP contribution in [0.5, 0.6) is 0 Å². The van der Waals surface area contributed by atoms with Gasteiger partial charge in [0.05, 0.1) is 22.6 Å². The average molecular weight is 261 g/mol. The first-order chi connectivity index (χ1) is 7.58. The third-order valence-corrected chi connectivity index (χ3v) is 6.33. The molecular formula is C12H23NO3S. The lowest BCUT2D eigenvalue weighted by atomic mass is 9.75. The van der Waals surface area contributed by atoms with Crippen molar-refractivity contribution >= 4 is 9.84 Å². The molecule has 1 heterocycles. The molecule has 3 N–H and O–H groups in total. The third kappa shape index (κ3) is 2.37. The van der Waals surface area contributed by atoms with Crippen LogP contribution < -0.4 is 5.73 Å². The predicted molar refractivity (Wildman–Crippen MR) is 67.4 cm³/mol. The lowest BCUT2D eigenvalue weighted by Gasteiger charge is -2.45. The minimum atomic E-state index is -3.09. The summed E-state index contributed by atoms with van der Waals surface area (Å²) < 4.78 is 23.5. The van der Waals surface area contributed by atoms with E-state index in [0.717, 1.165) is 6.42 Å². The van der Waals surface area contributed by atoms with Crippen LogP contribution in [0.3, 0.4) is 0 Å². The standard InChI is InChI=1S/C12H23NO3S/c1-10(2)5-6-12(14,8-10)11(13)4-3-7-17(15,16)9-11/h14H,3-9,13H2,1-2H3. The van der Waals surface area contributed by atoms with Crippen molar-refractivity contribution in [1.82, 2.24) is 0 Å². The van der Waals surface area contributed by atoms with Crippen LogP contribution in [0.15, 0.2) is 0 Å². The fourth-order valence-electron chi connectivity index (χ4n) is 3.45. The van der Waals surface area contributed by atoms with Crippen LogP contribution in [0, 0.1) is 5.41 Å². The van der Waals surface area contributed by atoms with Gasteiger partial charge < -0.3 is 10.8 Å². The van der Waals surface area contributed by atoms with Gasteiger partial charge in [-0.3, -0.25) is 0 Å². The Bertz CT molecular complexity index is 417. The molecule has 2 unspecified atom stereocenters. The molecule has 2 fully saturated rings. The minimum Gasteiger partial charge on any atom is -0.388 e. The molecule has 2 atom stereocenters. The van der Waals surface area contributed by atoms with Crippen LogP contribution in [0.2, 0.25) is 0 Å². The number of hydrogen-bond acceptors (Lipinski definition) is 4. The fraction of sp³-hybridized carbons (Fsp3) is 1.00. The van der Waals surface area contributed by atoms with Crippen LogP contribution in [0.4, 0.5) is 0 Å². The highest BCUT2D eigenvalue weighted by Gasteiger charge is 2.56. The summed E-state index contributed by atoms with van der Waals surface area (Å²) in [6.07, 6.45) is 3.31. The normalized spacial score (nSPS) is 44.7. The summed E-state index contributed by atoms with van der Waals surface area (Å²) in [5.74, 6) is 0.151. The molecule has 100 valence electrons. The van der Waals surface area contributed by atoms with Gasteiger partial charge in [0.25, 0.3) is 0 Å². The predicted octanol–water partition coefficient (Wildman–Crippen LogP) is 0.834. The first-order valence-electron chi connectivity index (χ1n) is 6.29. The van der Waals surface area contributed by atoms with E-state index in [2.05, 4.69) is 13.8 Å². The molecule has 4 nitrogen and oxygen atoms in total. The minimum absolute atomic E-state index is 0.0579. The molecule has 2 rings (SSSR count). The Morgan fingerprint density at radius 1 is 1.18 bits per heavy atom. The van der Waals surface area contributed by atoms with Crippen LogP contribution in [-0.4, -0.2) is 36.2 Å². The highest BCUT2D eigenvalue weighted by atomic mass is 32.2. The molecule has 1 aliphatic carbocycles. The zero-order chi connectivity index (χ0) is 12.9. The van der Waals surface area contributed by atoms with E-state index in [1.54, 1.807) is 0 Å². The molecular weight excluding hydrogens is 238 g/mol. The largest absolute Gasteiger partial charge is 0.388 e. The second-order valence-electron chi connectivity index (χ2n) is 6.72. The highest BCUT2D eigenvalue weighted by molar-refractivity contribution is 7.91. The van der Waals surface area contributed by atoms with E-state index in [1.165, 1.54) is 0 Å². The van der Waals surface area contributed by atoms with Crippen molar-refractivity contribution in [2.45, 2.75) is 57.1 Å². The summed E-state index contributed by atoms with van der Waals surface area (Å²) >= 11 is 0. The molecule has 1 aliphatic heterocycles. The Labute approximate surface area is 104 Å². The molecule has 0 bridgehead atoms. The van der Waals surface area contributed by atoms with E-state index >= 15 is 0 Å². The van der Waals surface area contributed by atoms with Gasteiger partial charge in [-0.2, -0.15) is 0 Å². The summed E-state index contributed by atoms with van der Waals surface area (Å²) in [5, 5.41) is 10.8. The van der Waals surface area contributed by atoms with Crippen LogP contribution in [-0.2, 0) is 9.84 Å². The first kappa shape index (κ1) is 13.3. The molecule has 0 radical (unpaired) electrons. The van der Waals surface area contributed by atoms with Gasteiger partial charge >= 0.3 is 0 Å². The van der Waals surface area contributed by atoms with Gasteiger partial charge in [0.2, 0.25) is 0 Å². The molecule has 0 aromatic heterocycles. The molecule has 0 spiro atoms. The number of aliphatic hydroxyl groups is 1. The van der Waals surface area contributed by atoms with E-state index in [1.807, 2.05) is 0 Å². The number of sulfone groups is 1. The van der Waals surface area contributed by atoms with Crippen molar-refractivity contribution in [2.75, 3.05) is 11.5 Å². The van der Waals surface area contributed by atoms with Crippen molar-refractivity contribution in [3.05, 3.63) is 0 Å². The molecule has 5 heteroatoms. The molecule has 0 amide bonds. The van der Waals surface area contributed by atoms with Gasteiger partial charge in [0, 0.05) is 0 Å². The van der Waals surface area contributed by atoms with Crippen LogP contribution in [0.1, 0.15) is 46.0 Å². The van der Waals surface area contributed by atoms with Gasteiger partial charge in [-0.25, -0.2) is 8.42 Å². The second-order valence-corrected chi connectivity index (χ2v) is 8.91. The Morgan fingerprint density at radius 2 is 1.82 bits per heavy atom. The fourth-order valence-corrected chi connectivity index (χ4v) is 5.38. The van der Waals surface area contributed by atoms with Gasteiger partial charge in [-0.15, -0.1) is 0 Å². The van der Waals surface area contributed by atoms with Crippen LogP contribution in [0.25, 0.3) is 0 Å². The molecule has 0 aromatic carbocycles. The van der Waals surface area contributed by atoms with Gasteiger partial charge in [0.15, 0.2) is 9.84 Å². The summed E-state index contributed by atoms with van der Waals surface area (Å²) in [7, 11) is -3.09. The molecule has 1 saturated carbocycles. The highest BCUT2D eigenvalue weighted by Crippen LogP contribution is 2.49. The lowest BCUT2D eigenvalue weighted by molar-refractivity contribution is -0.0338. The molecule has 2 aliphatic rings. The number of hydrogen-bond donors (Lipinski definition) is 2. The third-order valence-electron chi connectivity index (χ3n) is 4.47. The zero-order valence-electron chi connectivity index (χ0n) is 10.7. The number of rotatable bonds is 1. The Morgan fingerprint density at radius 3 is 2.29 bits per heavy atom. The zero-order valence-corrected chi connectivity index (χ0v) is 11.5. The summed E-state index contributed by atoms with van der Waals surface area (Å²) in [6, 6.07) is 0. The van der Waals surface area contributed by atoms with Gasteiger partial charge in [0.1, 0.15) is 0 Å². The van der Waals surface area contributed by atoms with E-state index < -0.39 is 21.0 Å². The number of nitrogens with two attached hydrogens (primary N) is 1. The Kier molecular flexibility index (Phi) is 2.88. The second kappa shape index (κ2) is 3.68. The van der Waals surface area contributed by atoms with Crippen molar-refractivity contribution < 1.29 is 13.5 Å². The Hall–Kier alpha value is -0.130. The topological polar surface area (TPSA) is 80.4 Å². The SMILES string of the molecule is CC1(C)CCC(O)(C2(N)CCCS(=O)(=O)C2)C1. The van der Waals surface area contributed by atoms with Crippen molar-refractivity contribution in [3.63, 3.8) is 0 Å². The van der Waals surface area contributed by atoms with E-state index in [0.29, 0.717) is 25.7 Å². The Balaban J connectivity index is 2.27. The first-order valence-corrected chi connectivity index (χ1v) is 8.12. The summed E-state index contributed by atoms with van der Waals surface area (Å²) in [6.45, 7) is 4.21. The van der Waals surface area contributed by atoms with E-state index in [-0.39, 0.29) is 16.9 Å². The lowest BCUT2D eigenvalue weighted by Crippen LogP contribution is -2.65. The molecule has 1 saturated heterocycles. The summed E-state index contributed by atoms with van der Waals surface area (Å²) in [4.78, 5) is 0. The monoisotopic (exact) mass is 261 g/mol. The van der Waals surface area contributed by atoms with Crippen LogP contribution >= 0.6 is 0 Å². The van der Waals surface area contributed by atoms with Crippen molar-refractivity contribution in [1.29, 1.82) is 0 Å². The van der Waals surface area contributed by atoms with E-state index in [4.69, 9.17) is 5.73 Å². The van der Waals surface area contributed by atoms with Crippen molar-refractivity contribution in [3.8, 4) is 0 Å². The maximum Gasteiger partial charge on any atom is 0.152 e. The van der Waals surface area contributed by atoms with Crippen molar-refractivity contribution in [2.24, 2.45) is 11.1 Å². The maximum atomic E-state index is 11.7. The average Bonchev–Trinajstić information content (AvgIpc) is 2.40. The van der Waals surface area contributed by atoms with Gasteiger partial charge in [-0.1, -0.05) is 13.8 Å². The summed E-state index contributed by atoms with van der Waals surface area (Å²) in [5.41, 5.74) is 4.37.